The quantitative estimate of drug-likeness (QED) is 0.372. The lowest BCUT2D eigenvalue weighted by atomic mass is 9.83. The number of ether oxygens (including phenoxy) is 3. The Hall–Kier alpha value is -2.12. The standard InChI is InChI=1S/C13H20O8/c1-4-19-10(16)13(8-7-9(14)15,11(17)20-5-2)12(18)21-6-3/h4-8H2,1-3H3,(H,14,15). The lowest BCUT2D eigenvalue weighted by Gasteiger charge is -2.26. The van der Waals surface area contributed by atoms with Gasteiger partial charge in [-0.3, -0.25) is 19.2 Å². The second-order valence-electron chi connectivity index (χ2n) is 3.96. The Morgan fingerprint density at radius 3 is 1.38 bits per heavy atom. The van der Waals surface area contributed by atoms with E-state index in [0.29, 0.717) is 0 Å². The van der Waals surface area contributed by atoms with Crippen LogP contribution in [-0.4, -0.2) is 48.8 Å². The van der Waals surface area contributed by atoms with Crippen molar-refractivity contribution in [3.8, 4) is 0 Å². The summed E-state index contributed by atoms with van der Waals surface area (Å²) in [5.41, 5.74) is -2.40. The first-order chi connectivity index (χ1) is 9.86. The van der Waals surface area contributed by atoms with Crippen molar-refractivity contribution >= 4 is 23.9 Å². The predicted octanol–water partition coefficient (Wildman–Crippen LogP) is 0.527. The second kappa shape index (κ2) is 8.93. The van der Waals surface area contributed by atoms with Gasteiger partial charge in [0, 0.05) is 6.42 Å². The molecule has 0 rings (SSSR count). The van der Waals surface area contributed by atoms with Gasteiger partial charge in [0.15, 0.2) is 0 Å². The molecular weight excluding hydrogens is 284 g/mol. The van der Waals surface area contributed by atoms with E-state index in [4.69, 9.17) is 19.3 Å². The van der Waals surface area contributed by atoms with Crippen molar-refractivity contribution in [1.82, 2.24) is 0 Å². The van der Waals surface area contributed by atoms with Crippen molar-refractivity contribution in [2.75, 3.05) is 19.8 Å². The first-order valence-corrected chi connectivity index (χ1v) is 6.60. The molecule has 0 saturated heterocycles. The molecule has 0 bridgehead atoms. The average Bonchev–Trinajstić information content (AvgIpc) is 2.40. The molecule has 0 spiro atoms. The molecule has 0 saturated carbocycles. The summed E-state index contributed by atoms with van der Waals surface area (Å²) >= 11 is 0. The third-order valence-electron chi connectivity index (χ3n) is 2.59. The Bertz CT molecular complexity index is 355. The number of carbonyl (C=O) groups is 4. The number of carboxylic acids is 1. The van der Waals surface area contributed by atoms with E-state index in [2.05, 4.69) is 0 Å². The average molecular weight is 304 g/mol. The van der Waals surface area contributed by atoms with Gasteiger partial charge in [-0.05, 0) is 27.2 Å². The van der Waals surface area contributed by atoms with Crippen LogP contribution in [-0.2, 0) is 33.4 Å². The zero-order valence-corrected chi connectivity index (χ0v) is 12.3. The SMILES string of the molecule is CCOC(=O)C(CCC(=O)O)(C(=O)OCC)C(=O)OCC. The molecule has 0 aromatic carbocycles. The number of carbonyl (C=O) groups excluding carboxylic acids is 3. The molecule has 1 N–H and O–H groups in total. The number of esters is 3. The van der Waals surface area contributed by atoms with Gasteiger partial charge < -0.3 is 19.3 Å². The van der Waals surface area contributed by atoms with Crippen molar-refractivity contribution in [1.29, 1.82) is 0 Å². The van der Waals surface area contributed by atoms with E-state index in [9.17, 15) is 19.2 Å². The van der Waals surface area contributed by atoms with Crippen LogP contribution in [0.3, 0.4) is 0 Å². The van der Waals surface area contributed by atoms with Crippen LogP contribution in [0.15, 0.2) is 0 Å². The summed E-state index contributed by atoms with van der Waals surface area (Å²) in [6.07, 6.45) is -1.17. The molecule has 0 heterocycles. The summed E-state index contributed by atoms with van der Waals surface area (Å²) in [5, 5.41) is 8.76. The molecule has 0 atom stereocenters. The van der Waals surface area contributed by atoms with Gasteiger partial charge in [0.05, 0.1) is 19.8 Å². The molecule has 0 aliphatic carbocycles. The van der Waals surface area contributed by atoms with Crippen molar-refractivity contribution in [3.05, 3.63) is 0 Å². The summed E-state index contributed by atoms with van der Waals surface area (Å²) < 4.78 is 14.2. The molecule has 8 nitrogen and oxygen atoms in total. The maximum absolute atomic E-state index is 12.1. The summed E-state index contributed by atoms with van der Waals surface area (Å²) in [7, 11) is 0. The highest BCUT2D eigenvalue weighted by Crippen LogP contribution is 2.30. The van der Waals surface area contributed by atoms with Crippen LogP contribution in [0.2, 0.25) is 0 Å². The molecule has 120 valence electrons. The zero-order valence-electron chi connectivity index (χ0n) is 12.3. The van der Waals surface area contributed by atoms with Gasteiger partial charge in [-0.2, -0.15) is 0 Å². The molecule has 0 aromatic rings. The summed E-state index contributed by atoms with van der Waals surface area (Å²) in [4.78, 5) is 47.0. The largest absolute Gasteiger partial charge is 0.481 e. The van der Waals surface area contributed by atoms with E-state index in [1.165, 1.54) is 20.8 Å². The van der Waals surface area contributed by atoms with Gasteiger partial charge in [-0.15, -0.1) is 0 Å². The summed E-state index contributed by atoms with van der Waals surface area (Å²) in [5.74, 6) is -4.76. The normalized spacial score (nSPS) is 10.6. The fourth-order valence-corrected chi connectivity index (χ4v) is 1.61. The molecule has 0 aliphatic heterocycles. The van der Waals surface area contributed by atoms with Gasteiger partial charge in [-0.1, -0.05) is 0 Å². The maximum Gasteiger partial charge on any atom is 0.335 e. The number of rotatable bonds is 9. The van der Waals surface area contributed by atoms with E-state index in [0.717, 1.165) is 0 Å². The van der Waals surface area contributed by atoms with Crippen molar-refractivity contribution in [2.45, 2.75) is 33.6 Å². The third-order valence-corrected chi connectivity index (χ3v) is 2.59. The van der Waals surface area contributed by atoms with Crippen LogP contribution in [0, 0.1) is 5.41 Å². The highest BCUT2D eigenvalue weighted by molar-refractivity contribution is 6.18. The van der Waals surface area contributed by atoms with E-state index in [1.807, 2.05) is 0 Å². The smallest absolute Gasteiger partial charge is 0.335 e. The van der Waals surface area contributed by atoms with Crippen LogP contribution >= 0.6 is 0 Å². The van der Waals surface area contributed by atoms with Gasteiger partial charge in [0.2, 0.25) is 0 Å². The Labute approximate surface area is 122 Å². The van der Waals surface area contributed by atoms with Gasteiger partial charge in [-0.25, -0.2) is 0 Å². The van der Waals surface area contributed by atoms with Crippen LogP contribution in [0.25, 0.3) is 0 Å². The molecule has 0 radical (unpaired) electrons. The number of hydrogen-bond donors (Lipinski definition) is 1. The van der Waals surface area contributed by atoms with Gasteiger partial charge in [0.1, 0.15) is 0 Å². The summed E-state index contributed by atoms with van der Waals surface area (Å²) in [6, 6.07) is 0. The van der Waals surface area contributed by atoms with Crippen molar-refractivity contribution in [2.24, 2.45) is 5.41 Å². The van der Waals surface area contributed by atoms with Gasteiger partial charge in [0.25, 0.3) is 5.41 Å². The second-order valence-corrected chi connectivity index (χ2v) is 3.96. The monoisotopic (exact) mass is 304 g/mol. The van der Waals surface area contributed by atoms with Crippen LogP contribution in [0.4, 0.5) is 0 Å². The third kappa shape index (κ3) is 4.73. The van der Waals surface area contributed by atoms with E-state index in [-0.39, 0.29) is 19.8 Å². The first-order valence-electron chi connectivity index (χ1n) is 6.60. The number of aliphatic carboxylic acids is 1. The number of hydrogen-bond acceptors (Lipinski definition) is 7. The highest BCUT2D eigenvalue weighted by Gasteiger charge is 2.57. The minimum atomic E-state index is -2.40. The molecule has 0 aromatic heterocycles. The Morgan fingerprint density at radius 2 is 1.14 bits per heavy atom. The molecule has 0 aliphatic rings. The Kier molecular flexibility index (Phi) is 8.03. The van der Waals surface area contributed by atoms with Crippen LogP contribution in [0.1, 0.15) is 33.6 Å². The maximum atomic E-state index is 12.1. The lowest BCUT2D eigenvalue weighted by Crippen LogP contribution is -2.49. The van der Waals surface area contributed by atoms with Crippen molar-refractivity contribution in [3.63, 3.8) is 0 Å². The van der Waals surface area contributed by atoms with Crippen molar-refractivity contribution < 1.29 is 38.5 Å². The summed E-state index contributed by atoms with van der Waals surface area (Å²) in [6.45, 7) is 4.26. The molecule has 0 amide bonds. The fraction of sp³-hybridized carbons (Fsp3) is 0.692. The Balaban J connectivity index is 5.67. The molecule has 0 fully saturated rings. The Morgan fingerprint density at radius 1 is 0.810 bits per heavy atom. The van der Waals surface area contributed by atoms with E-state index < -0.39 is 42.1 Å². The van der Waals surface area contributed by atoms with Crippen LogP contribution in [0.5, 0.6) is 0 Å². The minimum absolute atomic E-state index is 0.0769. The molecular formula is C13H20O8. The van der Waals surface area contributed by atoms with Gasteiger partial charge >= 0.3 is 23.9 Å². The first kappa shape index (κ1) is 18.9. The molecule has 21 heavy (non-hydrogen) atoms. The highest BCUT2D eigenvalue weighted by atomic mass is 16.6. The predicted molar refractivity (Wildman–Crippen MR) is 69.2 cm³/mol. The minimum Gasteiger partial charge on any atom is -0.481 e. The van der Waals surface area contributed by atoms with E-state index >= 15 is 0 Å². The number of carboxylic acid groups (broad SMARTS) is 1. The van der Waals surface area contributed by atoms with Crippen LogP contribution < -0.4 is 0 Å². The molecule has 8 heteroatoms. The van der Waals surface area contributed by atoms with E-state index in [1.54, 1.807) is 0 Å². The molecule has 0 unspecified atom stereocenters. The lowest BCUT2D eigenvalue weighted by molar-refractivity contribution is -0.184. The topological polar surface area (TPSA) is 116 Å². The fourth-order valence-electron chi connectivity index (χ4n) is 1.61. The zero-order chi connectivity index (χ0) is 16.5.